The van der Waals surface area contributed by atoms with Gasteiger partial charge in [-0.15, -0.1) is 0 Å². The monoisotopic (exact) mass is 262 g/mol. The summed E-state index contributed by atoms with van der Waals surface area (Å²) in [7, 11) is 3.73. The number of benzene rings is 1. The number of hydrogen-bond acceptors (Lipinski definition) is 3. The molecule has 1 aromatic carbocycles. The van der Waals surface area contributed by atoms with E-state index < -0.39 is 0 Å². The van der Waals surface area contributed by atoms with Crippen molar-refractivity contribution in [1.82, 2.24) is 10.2 Å². The highest BCUT2D eigenvalue weighted by Crippen LogP contribution is 2.36. The van der Waals surface area contributed by atoms with E-state index in [1.165, 1.54) is 11.1 Å². The molecule has 0 aromatic heterocycles. The molecule has 19 heavy (non-hydrogen) atoms. The van der Waals surface area contributed by atoms with Crippen LogP contribution in [0.2, 0.25) is 0 Å². The minimum absolute atomic E-state index is 0.0174. The van der Waals surface area contributed by atoms with Crippen molar-refractivity contribution >= 4 is 5.91 Å². The van der Waals surface area contributed by atoms with Gasteiger partial charge in [-0.1, -0.05) is 13.0 Å². The molecule has 0 fully saturated rings. The maximum Gasteiger partial charge on any atom is 0.223 e. The fourth-order valence-electron chi connectivity index (χ4n) is 2.93. The number of hydrogen-bond donors (Lipinski definition) is 2. The molecular weight excluding hydrogens is 240 g/mol. The molecule has 4 heteroatoms. The van der Waals surface area contributed by atoms with E-state index in [1.54, 1.807) is 13.1 Å². The van der Waals surface area contributed by atoms with Gasteiger partial charge in [-0.25, -0.2) is 0 Å². The molecule has 1 aromatic rings. The lowest BCUT2D eigenvalue weighted by Gasteiger charge is -2.27. The number of carbonyl (C=O) groups is 1. The third kappa shape index (κ3) is 2.89. The van der Waals surface area contributed by atoms with Crippen molar-refractivity contribution in [2.24, 2.45) is 5.92 Å². The molecule has 0 radical (unpaired) electrons. The minimum Gasteiger partial charge on any atom is -0.508 e. The summed E-state index contributed by atoms with van der Waals surface area (Å²) in [4.78, 5) is 13.8. The number of rotatable bonds is 4. The lowest BCUT2D eigenvalue weighted by atomic mass is 10.0. The van der Waals surface area contributed by atoms with E-state index in [4.69, 9.17) is 0 Å². The van der Waals surface area contributed by atoms with Crippen molar-refractivity contribution in [3.05, 3.63) is 29.3 Å². The van der Waals surface area contributed by atoms with Gasteiger partial charge in [0.15, 0.2) is 0 Å². The lowest BCUT2D eigenvalue weighted by molar-refractivity contribution is -0.124. The van der Waals surface area contributed by atoms with Gasteiger partial charge in [-0.3, -0.25) is 9.69 Å². The second-order valence-electron chi connectivity index (χ2n) is 5.39. The van der Waals surface area contributed by atoms with Gasteiger partial charge in [0.1, 0.15) is 5.75 Å². The number of phenolic OH excluding ortho intramolecular Hbond substituents is 1. The van der Waals surface area contributed by atoms with Crippen LogP contribution in [-0.4, -0.2) is 36.6 Å². The zero-order chi connectivity index (χ0) is 14.0. The molecule has 2 N–H and O–H groups in total. The Bertz CT molecular complexity index is 473. The number of nitrogens with zero attached hydrogens (tertiary/aromatic N) is 1. The standard InChI is InChI=1S/C15H22N2O2/c1-10(15(19)16-2)9-17(3)14-7-4-11-8-12(18)5-6-13(11)14/h5-6,8,10,14,18H,4,7,9H2,1-3H3,(H,16,19). The Hall–Kier alpha value is -1.55. The molecule has 1 aliphatic rings. The quantitative estimate of drug-likeness (QED) is 0.868. The molecule has 1 amide bonds. The Kier molecular flexibility index (Phi) is 4.10. The van der Waals surface area contributed by atoms with Crippen LogP contribution in [0.4, 0.5) is 0 Å². The van der Waals surface area contributed by atoms with Gasteiger partial charge in [-0.05, 0) is 43.1 Å². The Labute approximate surface area is 114 Å². The summed E-state index contributed by atoms with van der Waals surface area (Å²) in [5.74, 6) is 0.396. The molecular formula is C15H22N2O2. The third-order valence-electron chi connectivity index (χ3n) is 3.96. The van der Waals surface area contributed by atoms with Crippen molar-refractivity contribution in [1.29, 1.82) is 0 Å². The fraction of sp³-hybridized carbons (Fsp3) is 0.533. The molecule has 2 rings (SSSR count). The second kappa shape index (κ2) is 5.61. The Morgan fingerprint density at radius 3 is 3.00 bits per heavy atom. The molecule has 104 valence electrons. The topological polar surface area (TPSA) is 52.6 Å². The van der Waals surface area contributed by atoms with Gasteiger partial charge in [0, 0.05) is 25.6 Å². The van der Waals surface area contributed by atoms with Crippen LogP contribution in [0.25, 0.3) is 0 Å². The van der Waals surface area contributed by atoms with Crippen LogP contribution in [-0.2, 0) is 11.2 Å². The number of aromatic hydroxyl groups is 1. The van der Waals surface area contributed by atoms with E-state index in [1.807, 2.05) is 19.1 Å². The Morgan fingerprint density at radius 1 is 1.58 bits per heavy atom. The summed E-state index contributed by atoms with van der Waals surface area (Å²) in [5.41, 5.74) is 2.51. The van der Waals surface area contributed by atoms with Crippen LogP contribution in [0.5, 0.6) is 5.75 Å². The smallest absolute Gasteiger partial charge is 0.223 e. The average molecular weight is 262 g/mol. The van der Waals surface area contributed by atoms with Crippen LogP contribution in [0.3, 0.4) is 0 Å². The molecule has 0 heterocycles. The number of nitrogens with one attached hydrogen (secondary N) is 1. The van der Waals surface area contributed by atoms with Crippen molar-refractivity contribution in [2.45, 2.75) is 25.8 Å². The van der Waals surface area contributed by atoms with Crippen molar-refractivity contribution < 1.29 is 9.90 Å². The predicted octanol–water partition coefficient (Wildman–Crippen LogP) is 1.69. The highest BCUT2D eigenvalue weighted by atomic mass is 16.3. The molecule has 0 saturated heterocycles. The van der Waals surface area contributed by atoms with Gasteiger partial charge >= 0.3 is 0 Å². The summed E-state index contributed by atoms with van der Waals surface area (Å²) in [5, 5.41) is 12.2. The highest BCUT2D eigenvalue weighted by Gasteiger charge is 2.27. The Balaban J connectivity index is 2.07. The van der Waals surface area contributed by atoms with E-state index in [-0.39, 0.29) is 11.8 Å². The van der Waals surface area contributed by atoms with E-state index >= 15 is 0 Å². The normalized spacial score (nSPS) is 19.3. The molecule has 4 nitrogen and oxygen atoms in total. The SMILES string of the molecule is CNC(=O)C(C)CN(C)C1CCc2cc(O)ccc21. The summed E-state index contributed by atoms with van der Waals surface area (Å²) < 4.78 is 0. The molecule has 0 aliphatic heterocycles. The van der Waals surface area contributed by atoms with Crippen LogP contribution in [0, 0.1) is 5.92 Å². The van der Waals surface area contributed by atoms with Crippen LogP contribution < -0.4 is 5.32 Å². The van der Waals surface area contributed by atoms with Crippen molar-refractivity contribution in [2.75, 3.05) is 20.6 Å². The third-order valence-corrected chi connectivity index (χ3v) is 3.96. The molecule has 0 saturated carbocycles. The Morgan fingerprint density at radius 2 is 2.32 bits per heavy atom. The van der Waals surface area contributed by atoms with Gasteiger partial charge < -0.3 is 10.4 Å². The fourth-order valence-corrected chi connectivity index (χ4v) is 2.93. The van der Waals surface area contributed by atoms with E-state index in [2.05, 4.69) is 17.3 Å². The molecule has 0 spiro atoms. The second-order valence-corrected chi connectivity index (χ2v) is 5.39. The molecule has 2 atom stereocenters. The van der Waals surface area contributed by atoms with E-state index in [0.29, 0.717) is 11.8 Å². The number of amides is 1. The molecule has 1 aliphatic carbocycles. The van der Waals surface area contributed by atoms with Crippen molar-refractivity contribution in [3.8, 4) is 5.75 Å². The van der Waals surface area contributed by atoms with Gasteiger partial charge in [0.25, 0.3) is 0 Å². The largest absolute Gasteiger partial charge is 0.508 e. The molecule has 0 bridgehead atoms. The summed E-state index contributed by atoms with van der Waals surface area (Å²) in [6.45, 7) is 2.69. The average Bonchev–Trinajstić information content (AvgIpc) is 2.80. The molecule has 2 unspecified atom stereocenters. The minimum atomic E-state index is -0.0174. The van der Waals surface area contributed by atoms with Crippen LogP contribution in [0.1, 0.15) is 30.5 Å². The van der Waals surface area contributed by atoms with E-state index in [9.17, 15) is 9.90 Å². The first-order valence-electron chi connectivity index (χ1n) is 6.76. The zero-order valence-corrected chi connectivity index (χ0v) is 11.8. The summed E-state index contributed by atoms with van der Waals surface area (Å²) >= 11 is 0. The predicted molar refractivity (Wildman–Crippen MR) is 75.0 cm³/mol. The maximum atomic E-state index is 11.6. The van der Waals surface area contributed by atoms with Gasteiger partial charge in [-0.2, -0.15) is 0 Å². The number of aryl methyl sites for hydroxylation is 1. The first-order chi connectivity index (χ1) is 9.02. The van der Waals surface area contributed by atoms with Crippen molar-refractivity contribution in [3.63, 3.8) is 0 Å². The van der Waals surface area contributed by atoms with Crippen LogP contribution >= 0.6 is 0 Å². The maximum absolute atomic E-state index is 11.6. The van der Waals surface area contributed by atoms with Gasteiger partial charge in [0.05, 0.1) is 0 Å². The first kappa shape index (κ1) is 13.9. The van der Waals surface area contributed by atoms with Gasteiger partial charge in [0.2, 0.25) is 5.91 Å². The number of phenols is 1. The number of fused-ring (bicyclic) bond motifs is 1. The first-order valence-corrected chi connectivity index (χ1v) is 6.76. The summed E-state index contributed by atoms with van der Waals surface area (Å²) in [6.07, 6.45) is 2.04. The summed E-state index contributed by atoms with van der Waals surface area (Å²) in [6, 6.07) is 5.95. The van der Waals surface area contributed by atoms with E-state index in [0.717, 1.165) is 19.4 Å². The number of carbonyl (C=O) groups excluding carboxylic acids is 1. The van der Waals surface area contributed by atoms with Crippen LogP contribution in [0.15, 0.2) is 18.2 Å². The lowest BCUT2D eigenvalue weighted by Crippen LogP contribution is -2.35. The zero-order valence-electron chi connectivity index (χ0n) is 11.8. The highest BCUT2D eigenvalue weighted by molar-refractivity contribution is 5.78.